The molecule has 0 spiro atoms. The van der Waals surface area contributed by atoms with Crippen molar-refractivity contribution in [3.8, 4) is 0 Å². The maximum atomic E-state index is 7.25. The van der Waals surface area contributed by atoms with Crippen molar-refractivity contribution >= 4 is 40.5 Å². The van der Waals surface area contributed by atoms with Gasteiger partial charge in [0, 0.05) is 5.39 Å². The zero-order chi connectivity index (χ0) is 14.3. The SMILES string of the molecule is N=C(N)N(N)C(N)=Nc1ccc2c3c(cccc13)C=C2. The van der Waals surface area contributed by atoms with Crippen LogP contribution in [-0.2, 0) is 0 Å². The molecule has 0 aromatic heterocycles. The molecule has 0 bridgehead atoms. The maximum absolute atomic E-state index is 7.25. The van der Waals surface area contributed by atoms with Crippen molar-refractivity contribution in [2.24, 2.45) is 22.3 Å². The molecule has 0 unspecified atom stereocenters. The minimum Gasteiger partial charge on any atom is -0.369 e. The van der Waals surface area contributed by atoms with Crippen LogP contribution in [0.3, 0.4) is 0 Å². The predicted molar refractivity (Wildman–Crippen MR) is 82.1 cm³/mol. The van der Waals surface area contributed by atoms with Gasteiger partial charge in [0.15, 0.2) is 0 Å². The predicted octanol–water partition coefficient (Wildman–Crippen LogP) is 1.34. The van der Waals surface area contributed by atoms with E-state index in [0.29, 0.717) is 5.69 Å². The number of nitrogens with two attached hydrogens (primary N) is 3. The summed E-state index contributed by atoms with van der Waals surface area (Å²) in [7, 11) is 0. The van der Waals surface area contributed by atoms with Gasteiger partial charge in [-0.2, -0.15) is 0 Å². The van der Waals surface area contributed by atoms with Gasteiger partial charge in [-0.25, -0.2) is 15.8 Å². The first-order valence-corrected chi connectivity index (χ1v) is 6.05. The smallest absolute Gasteiger partial charge is 0.218 e. The van der Waals surface area contributed by atoms with Crippen LogP contribution >= 0.6 is 0 Å². The first-order chi connectivity index (χ1) is 9.58. The number of nitrogens with zero attached hydrogens (tertiary/aromatic N) is 2. The molecule has 2 aromatic carbocycles. The number of guanidine groups is 2. The minimum atomic E-state index is -0.362. The van der Waals surface area contributed by atoms with E-state index in [9.17, 15) is 0 Å². The van der Waals surface area contributed by atoms with E-state index in [1.165, 1.54) is 0 Å². The number of hydrogen-bond acceptors (Lipinski definition) is 3. The van der Waals surface area contributed by atoms with E-state index in [1.54, 1.807) is 0 Å². The molecule has 1 aliphatic rings. The summed E-state index contributed by atoms with van der Waals surface area (Å²) < 4.78 is 0. The summed E-state index contributed by atoms with van der Waals surface area (Å²) in [4.78, 5) is 4.27. The third-order valence-electron chi connectivity index (χ3n) is 3.27. The summed E-state index contributed by atoms with van der Waals surface area (Å²) in [6.45, 7) is 0. The van der Waals surface area contributed by atoms with Crippen molar-refractivity contribution in [3.05, 3.63) is 41.5 Å². The van der Waals surface area contributed by atoms with Gasteiger partial charge in [0.2, 0.25) is 11.9 Å². The van der Waals surface area contributed by atoms with E-state index in [1.807, 2.05) is 24.3 Å². The Balaban J connectivity index is 2.16. The summed E-state index contributed by atoms with van der Waals surface area (Å²) in [6.07, 6.45) is 4.14. The van der Waals surface area contributed by atoms with E-state index in [-0.39, 0.29) is 11.9 Å². The van der Waals surface area contributed by atoms with Crippen molar-refractivity contribution < 1.29 is 0 Å². The Morgan fingerprint density at radius 2 is 1.75 bits per heavy atom. The number of aliphatic imine (C=N–C) groups is 1. The molecule has 0 aliphatic heterocycles. The number of nitrogens with one attached hydrogen (secondary N) is 1. The zero-order valence-corrected chi connectivity index (χ0v) is 10.7. The Morgan fingerprint density at radius 1 is 1.05 bits per heavy atom. The molecule has 0 fully saturated rings. The van der Waals surface area contributed by atoms with Gasteiger partial charge in [-0.1, -0.05) is 36.4 Å². The minimum absolute atomic E-state index is 0.0239. The van der Waals surface area contributed by atoms with E-state index >= 15 is 0 Å². The quantitative estimate of drug-likeness (QED) is 0.230. The average molecular weight is 266 g/mol. The molecule has 0 radical (unpaired) electrons. The highest BCUT2D eigenvalue weighted by Gasteiger charge is 2.12. The Hall–Kier alpha value is -2.86. The number of rotatable bonds is 1. The topological polar surface area (TPSA) is 118 Å². The summed E-state index contributed by atoms with van der Waals surface area (Å²) in [5.41, 5.74) is 14.0. The van der Waals surface area contributed by atoms with Crippen LogP contribution in [0.4, 0.5) is 5.69 Å². The Bertz CT molecular complexity index is 762. The summed E-state index contributed by atoms with van der Waals surface area (Å²) >= 11 is 0. The van der Waals surface area contributed by atoms with E-state index < -0.39 is 0 Å². The van der Waals surface area contributed by atoms with E-state index in [2.05, 4.69) is 23.2 Å². The molecule has 0 saturated heterocycles. The normalized spacial score (nSPS) is 12.9. The van der Waals surface area contributed by atoms with E-state index in [0.717, 1.165) is 26.9 Å². The summed E-state index contributed by atoms with van der Waals surface area (Å²) in [5.74, 6) is 5.15. The highest BCUT2D eigenvalue weighted by Crippen LogP contribution is 2.36. The molecule has 100 valence electrons. The summed E-state index contributed by atoms with van der Waals surface area (Å²) in [6, 6.07) is 9.86. The molecule has 6 heteroatoms. The van der Waals surface area contributed by atoms with E-state index in [4.69, 9.17) is 22.7 Å². The fraction of sp³-hybridized carbons (Fsp3) is 0. The molecule has 3 rings (SSSR count). The second-order valence-corrected chi connectivity index (χ2v) is 4.50. The van der Waals surface area contributed by atoms with Crippen LogP contribution < -0.4 is 17.3 Å². The van der Waals surface area contributed by atoms with Crippen LogP contribution in [0.25, 0.3) is 22.9 Å². The van der Waals surface area contributed by atoms with Gasteiger partial charge < -0.3 is 11.5 Å². The van der Waals surface area contributed by atoms with Gasteiger partial charge in [-0.3, -0.25) is 5.41 Å². The van der Waals surface area contributed by atoms with Crippen LogP contribution in [0, 0.1) is 5.41 Å². The van der Waals surface area contributed by atoms with Crippen LogP contribution in [0.15, 0.2) is 35.3 Å². The molecule has 0 saturated carbocycles. The monoisotopic (exact) mass is 266 g/mol. The fourth-order valence-electron chi connectivity index (χ4n) is 2.30. The number of benzene rings is 2. The van der Waals surface area contributed by atoms with Gasteiger partial charge in [-0.15, -0.1) is 0 Å². The summed E-state index contributed by atoms with van der Waals surface area (Å²) in [5, 5.41) is 10.2. The lowest BCUT2D eigenvalue weighted by Gasteiger charge is -2.14. The largest absolute Gasteiger partial charge is 0.369 e. The second kappa shape index (κ2) is 4.36. The molecule has 1 aliphatic carbocycles. The lowest BCUT2D eigenvalue weighted by molar-refractivity contribution is 0.633. The number of hydrogen-bond donors (Lipinski definition) is 4. The van der Waals surface area contributed by atoms with Crippen LogP contribution in [0.2, 0.25) is 0 Å². The van der Waals surface area contributed by atoms with Gasteiger partial charge in [-0.05, 0) is 22.6 Å². The molecule has 2 aromatic rings. The Kier molecular flexibility index (Phi) is 2.66. The van der Waals surface area contributed by atoms with Crippen molar-refractivity contribution in [3.63, 3.8) is 0 Å². The maximum Gasteiger partial charge on any atom is 0.218 e. The molecule has 20 heavy (non-hydrogen) atoms. The standard InChI is InChI=1S/C14H14N6/c15-13(16)20(18)14(17)19-11-7-6-9-5-4-8-2-1-3-10(11)12(8)9/h1-7H,18H2,(H3,15,16)(H2,17,19). The molecule has 0 heterocycles. The third kappa shape index (κ3) is 1.79. The first-order valence-electron chi connectivity index (χ1n) is 6.05. The zero-order valence-electron chi connectivity index (χ0n) is 10.7. The molecule has 0 amide bonds. The lowest BCUT2D eigenvalue weighted by atomic mass is 10.0. The molecular formula is C14H14N6. The second-order valence-electron chi connectivity index (χ2n) is 4.50. The molecule has 0 atom stereocenters. The molecule has 6 nitrogen and oxygen atoms in total. The fourth-order valence-corrected chi connectivity index (χ4v) is 2.30. The Morgan fingerprint density at radius 3 is 2.45 bits per heavy atom. The molecular weight excluding hydrogens is 252 g/mol. The Labute approximate surface area is 115 Å². The van der Waals surface area contributed by atoms with Crippen LogP contribution in [0.1, 0.15) is 11.1 Å². The van der Waals surface area contributed by atoms with Crippen LogP contribution in [0.5, 0.6) is 0 Å². The third-order valence-corrected chi connectivity index (χ3v) is 3.27. The van der Waals surface area contributed by atoms with Crippen molar-refractivity contribution in [1.29, 1.82) is 5.41 Å². The van der Waals surface area contributed by atoms with Gasteiger partial charge in [0.05, 0.1) is 5.69 Å². The highest BCUT2D eigenvalue weighted by atomic mass is 15.5. The van der Waals surface area contributed by atoms with Crippen molar-refractivity contribution in [1.82, 2.24) is 5.01 Å². The average Bonchev–Trinajstić information content (AvgIpc) is 2.86. The van der Waals surface area contributed by atoms with Crippen LogP contribution in [-0.4, -0.2) is 16.9 Å². The molecule has 7 N–H and O–H groups in total. The number of hydrazine groups is 1. The van der Waals surface area contributed by atoms with Gasteiger partial charge in [0.25, 0.3) is 0 Å². The first kappa shape index (κ1) is 12.2. The van der Waals surface area contributed by atoms with Gasteiger partial charge >= 0.3 is 0 Å². The lowest BCUT2D eigenvalue weighted by Crippen LogP contribution is -2.50. The van der Waals surface area contributed by atoms with Gasteiger partial charge in [0.1, 0.15) is 0 Å². The van der Waals surface area contributed by atoms with Crippen molar-refractivity contribution in [2.45, 2.75) is 0 Å². The highest BCUT2D eigenvalue weighted by molar-refractivity contribution is 6.09. The van der Waals surface area contributed by atoms with Crippen molar-refractivity contribution in [2.75, 3.05) is 0 Å².